The van der Waals surface area contributed by atoms with Crippen molar-refractivity contribution in [2.45, 2.75) is 38.9 Å². The highest BCUT2D eigenvalue weighted by molar-refractivity contribution is 6.01. The lowest BCUT2D eigenvalue weighted by Crippen LogP contribution is -2.10. The number of nitrogens with zero attached hydrogens (tertiary/aromatic N) is 5. The smallest absolute Gasteiger partial charge is 0.347 e. The largest absolute Gasteiger partial charge is 0.426 e. The first-order chi connectivity index (χ1) is 21.2. The topological polar surface area (TPSA) is 81.2 Å². The van der Waals surface area contributed by atoms with Crippen molar-refractivity contribution in [2.75, 3.05) is 0 Å². The van der Waals surface area contributed by atoms with Crippen LogP contribution < -0.4 is 0 Å². The summed E-state index contributed by atoms with van der Waals surface area (Å²) in [5.41, 5.74) is 4.48. The van der Waals surface area contributed by atoms with E-state index in [0.29, 0.717) is 40.7 Å². The molecule has 0 aliphatic rings. The van der Waals surface area contributed by atoms with Gasteiger partial charge < -0.3 is 9.13 Å². The van der Waals surface area contributed by atoms with Crippen LogP contribution in [0.4, 0.5) is 13.2 Å². The lowest BCUT2D eigenvalue weighted by atomic mass is 9.98. The van der Waals surface area contributed by atoms with Crippen molar-refractivity contribution < 1.29 is 13.2 Å². The molecule has 8 heteroatoms. The number of fused-ring (bicyclic) bond motifs is 2. The van der Waals surface area contributed by atoms with Crippen LogP contribution in [0.1, 0.15) is 42.1 Å². The normalized spacial score (nSPS) is 11.7. The molecule has 5 aromatic rings. The fourth-order valence-corrected chi connectivity index (χ4v) is 5.73. The highest BCUT2D eigenvalue weighted by atomic mass is 19.4. The first kappa shape index (κ1) is 30.0. The molecule has 0 N–H and O–H groups in total. The van der Waals surface area contributed by atoms with Crippen LogP contribution in [-0.4, -0.2) is 15.3 Å². The number of aryl methyl sites for hydroxylation is 2. The van der Waals surface area contributed by atoms with Crippen molar-refractivity contribution in [1.29, 1.82) is 15.8 Å². The predicted molar refractivity (Wildman–Crippen MR) is 167 cm³/mol. The van der Waals surface area contributed by atoms with Gasteiger partial charge >= 0.3 is 6.18 Å². The van der Waals surface area contributed by atoms with Crippen molar-refractivity contribution in [2.24, 2.45) is 7.05 Å². The number of hydrogen-bond donors (Lipinski definition) is 0. The summed E-state index contributed by atoms with van der Waals surface area (Å²) in [5.74, 6) is 0. The molecule has 44 heavy (non-hydrogen) atoms. The standard InChI is InChI=1S/C36H28F3N5/c1-3-4-16-44-33-13-9-8-12-28(33)31(20-27(23-42)36(37,38)39)35(44)26-14-15-32-30(19-26)29(17-25(21-40)22-41)34(43(32)2)18-24-10-6-5-7-11-24/h5-15,17,19-20H,3-4,16,18H2,1-2H3/b27-20+. The molecule has 218 valence electrons. The zero-order valence-electron chi connectivity index (χ0n) is 24.3. The number of para-hydroxylation sites is 1. The van der Waals surface area contributed by atoms with Crippen molar-refractivity contribution >= 4 is 34.0 Å². The van der Waals surface area contributed by atoms with Crippen LogP contribution in [0.3, 0.4) is 0 Å². The van der Waals surface area contributed by atoms with Gasteiger partial charge in [-0.3, -0.25) is 0 Å². The summed E-state index contributed by atoms with van der Waals surface area (Å²) in [6.07, 6.45) is -0.0639. The maximum atomic E-state index is 13.9. The van der Waals surface area contributed by atoms with Gasteiger partial charge in [-0.2, -0.15) is 29.0 Å². The molecule has 0 aliphatic heterocycles. The minimum absolute atomic E-state index is 0.0539. The number of alkyl halides is 3. The number of benzene rings is 3. The van der Waals surface area contributed by atoms with E-state index in [1.165, 1.54) is 6.07 Å². The predicted octanol–water partition coefficient (Wildman–Crippen LogP) is 9.09. The Morgan fingerprint density at radius 1 is 0.818 bits per heavy atom. The third kappa shape index (κ3) is 5.61. The zero-order chi connectivity index (χ0) is 31.4. The molecule has 0 amide bonds. The van der Waals surface area contributed by atoms with Gasteiger partial charge in [0.1, 0.15) is 29.4 Å². The second-order valence-electron chi connectivity index (χ2n) is 10.5. The summed E-state index contributed by atoms with van der Waals surface area (Å²) in [4.78, 5) is 0. The van der Waals surface area contributed by atoms with E-state index in [1.807, 2.05) is 89.0 Å². The number of nitriles is 3. The molecular formula is C36H28F3N5. The Hall–Kier alpha value is -5.52. The average Bonchev–Trinajstić information content (AvgIpc) is 3.47. The Labute approximate surface area is 253 Å². The van der Waals surface area contributed by atoms with E-state index in [-0.39, 0.29) is 5.57 Å². The van der Waals surface area contributed by atoms with Crippen molar-refractivity contribution in [3.05, 3.63) is 106 Å². The monoisotopic (exact) mass is 587 g/mol. The summed E-state index contributed by atoms with van der Waals surface area (Å²) in [7, 11) is 1.92. The summed E-state index contributed by atoms with van der Waals surface area (Å²) in [6.45, 7) is 2.62. The van der Waals surface area contributed by atoms with Crippen LogP contribution in [0.15, 0.2) is 83.9 Å². The van der Waals surface area contributed by atoms with Gasteiger partial charge in [0.2, 0.25) is 0 Å². The van der Waals surface area contributed by atoms with E-state index in [0.717, 1.165) is 46.6 Å². The maximum Gasteiger partial charge on any atom is 0.426 e. The first-order valence-electron chi connectivity index (χ1n) is 14.2. The van der Waals surface area contributed by atoms with Gasteiger partial charge in [0.15, 0.2) is 0 Å². The van der Waals surface area contributed by atoms with Gasteiger partial charge in [-0.15, -0.1) is 0 Å². The highest BCUT2D eigenvalue weighted by Crippen LogP contribution is 2.40. The van der Waals surface area contributed by atoms with Gasteiger partial charge in [0.05, 0.1) is 5.69 Å². The Bertz CT molecular complexity index is 2040. The summed E-state index contributed by atoms with van der Waals surface area (Å²) in [6, 6.07) is 28.1. The van der Waals surface area contributed by atoms with Crippen LogP contribution in [0.5, 0.6) is 0 Å². The molecule has 0 bridgehead atoms. The van der Waals surface area contributed by atoms with E-state index >= 15 is 0 Å². The van der Waals surface area contributed by atoms with Crippen LogP contribution in [0, 0.1) is 34.0 Å². The van der Waals surface area contributed by atoms with Crippen LogP contribution in [0.25, 0.3) is 45.2 Å². The van der Waals surface area contributed by atoms with E-state index in [1.54, 1.807) is 18.2 Å². The molecule has 2 heterocycles. The molecule has 3 aromatic carbocycles. The summed E-state index contributed by atoms with van der Waals surface area (Å²) in [5, 5.41) is 30.1. The third-order valence-electron chi connectivity index (χ3n) is 7.84. The molecule has 0 saturated carbocycles. The molecule has 0 unspecified atom stereocenters. The molecule has 0 radical (unpaired) electrons. The highest BCUT2D eigenvalue weighted by Gasteiger charge is 2.34. The van der Waals surface area contributed by atoms with Crippen LogP contribution >= 0.6 is 0 Å². The summed E-state index contributed by atoms with van der Waals surface area (Å²) >= 11 is 0. The molecule has 2 aromatic heterocycles. The number of hydrogen-bond acceptors (Lipinski definition) is 3. The molecule has 0 spiro atoms. The van der Waals surface area contributed by atoms with Crippen LogP contribution in [0.2, 0.25) is 0 Å². The van der Waals surface area contributed by atoms with Gasteiger partial charge in [-0.25, -0.2) is 0 Å². The SMILES string of the molecule is CCCCn1c(-c2ccc3c(c2)c(C=C(C#N)C#N)c(Cc2ccccc2)n3C)c(/C=C(\C#N)C(F)(F)F)c2ccccc21. The zero-order valence-corrected chi connectivity index (χ0v) is 24.3. The van der Waals surface area contributed by atoms with E-state index in [4.69, 9.17) is 0 Å². The number of allylic oxidation sites excluding steroid dienone is 2. The molecule has 5 nitrogen and oxygen atoms in total. The number of aromatic nitrogens is 2. The lowest BCUT2D eigenvalue weighted by Gasteiger charge is -2.13. The second kappa shape index (κ2) is 12.4. The minimum Gasteiger partial charge on any atom is -0.347 e. The number of rotatable bonds is 8. The maximum absolute atomic E-state index is 13.9. The molecule has 0 aliphatic carbocycles. The quantitative estimate of drug-likeness (QED) is 0.170. The second-order valence-corrected chi connectivity index (χ2v) is 10.5. The van der Waals surface area contributed by atoms with Crippen LogP contribution in [-0.2, 0) is 20.0 Å². The summed E-state index contributed by atoms with van der Waals surface area (Å²) < 4.78 is 45.6. The van der Waals surface area contributed by atoms with E-state index in [9.17, 15) is 29.0 Å². The van der Waals surface area contributed by atoms with Crippen molar-refractivity contribution in [3.8, 4) is 29.5 Å². The van der Waals surface area contributed by atoms with Gasteiger partial charge in [0.25, 0.3) is 0 Å². The molecular weight excluding hydrogens is 559 g/mol. The molecule has 0 fully saturated rings. The van der Waals surface area contributed by atoms with Gasteiger partial charge in [-0.05, 0) is 47.9 Å². The lowest BCUT2D eigenvalue weighted by molar-refractivity contribution is -0.0864. The number of halogens is 3. The minimum atomic E-state index is -4.81. The van der Waals surface area contributed by atoms with Gasteiger partial charge in [0, 0.05) is 58.6 Å². The Morgan fingerprint density at radius 2 is 1.52 bits per heavy atom. The first-order valence-corrected chi connectivity index (χ1v) is 14.2. The number of unbranched alkanes of at least 4 members (excludes halogenated alkanes) is 1. The Morgan fingerprint density at radius 3 is 2.18 bits per heavy atom. The molecule has 5 rings (SSSR count). The molecule has 0 saturated heterocycles. The van der Waals surface area contributed by atoms with Crippen molar-refractivity contribution in [1.82, 2.24) is 9.13 Å². The average molecular weight is 588 g/mol. The van der Waals surface area contributed by atoms with Crippen molar-refractivity contribution in [3.63, 3.8) is 0 Å². The fraction of sp³-hybridized carbons (Fsp3) is 0.194. The van der Waals surface area contributed by atoms with E-state index in [2.05, 4.69) is 6.92 Å². The third-order valence-corrected chi connectivity index (χ3v) is 7.84. The Balaban J connectivity index is 1.86. The molecule has 0 atom stereocenters. The Kier molecular flexibility index (Phi) is 8.43. The van der Waals surface area contributed by atoms with Gasteiger partial charge in [-0.1, -0.05) is 67.9 Å². The van der Waals surface area contributed by atoms with E-state index < -0.39 is 11.7 Å². The fourth-order valence-electron chi connectivity index (χ4n) is 5.73.